The van der Waals surface area contributed by atoms with Crippen molar-refractivity contribution in [2.24, 2.45) is 11.7 Å². The van der Waals surface area contributed by atoms with Crippen LogP contribution in [0.25, 0.3) is 0 Å². The fourth-order valence-corrected chi connectivity index (χ4v) is 2.96. The molecule has 1 aliphatic heterocycles. The normalized spacial score (nSPS) is 18.7. The zero-order chi connectivity index (χ0) is 18.6. The maximum atomic E-state index is 13.0. The number of hydrogen-bond acceptors (Lipinski definition) is 3. The van der Waals surface area contributed by atoms with Gasteiger partial charge in [-0.05, 0) is 37.8 Å². The van der Waals surface area contributed by atoms with Gasteiger partial charge in [-0.15, -0.1) is 12.4 Å². The lowest BCUT2D eigenvalue weighted by Gasteiger charge is -2.34. The number of likely N-dealkylation sites (tertiary alicyclic amines) is 1. The van der Waals surface area contributed by atoms with Crippen molar-refractivity contribution in [2.75, 3.05) is 19.6 Å². The minimum absolute atomic E-state index is 0. The molecule has 1 heterocycles. The van der Waals surface area contributed by atoms with E-state index < -0.39 is 23.2 Å². The largest absolute Gasteiger partial charge is 0.417 e. The van der Waals surface area contributed by atoms with Gasteiger partial charge in [0.25, 0.3) is 5.91 Å². The Bertz CT molecular complexity index is 638. The van der Waals surface area contributed by atoms with Gasteiger partial charge in [-0.2, -0.15) is 13.2 Å². The first-order valence-electron chi connectivity index (χ1n) is 8.18. The van der Waals surface area contributed by atoms with Crippen molar-refractivity contribution in [1.82, 2.24) is 10.2 Å². The van der Waals surface area contributed by atoms with Crippen LogP contribution in [0.3, 0.4) is 0 Å². The zero-order valence-electron chi connectivity index (χ0n) is 14.4. The number of rotatable bonds is 4. The smallest absolute Gasteiger partial charge is 0.343 e. The SMILES string of the molecule is CC(N)C1CCCN(C(=O)CNC(=O)c2ccccc2C(F)(F)F)C1.Cl. The van der Waals surface area contributed by atoms with Gasteiger partial charge >= 0.3 is 6.18 Å². The lowest BCUT2D eigenvalue weighted by atomic mass is 9.92. The van der Waals surface area contributed by atoms with Crippen molar-refractivity contribution in [3.05, 3.63) is 35.4 Å². The maximum absolute atomic E-state index is 13.0. The van der Waals surface area contributed by atoms with Gasteiger partial charge < -0.3 is 16.0 Å². The molecule has 2 amide bonds. The molecule has 3 N–H and O–H groups in total. The first-order chi connectivity index (χ1) is 11.7. The molecule has 2 rings (SSSR count). The Hall–Kier alpha value is -1.80. The number of carbonyl (C=O) groups is 2. The van der Waals surface area contributed by atoms with Crippen LogP contribution in [0.1, 0.15) is 35.7 Å². The molecule has 0 spiro atoms. The quantitative estimate of drug-likeness (QED) is 0.825. The van der Waals surface area contributed by atoms with Crippen molar-refractivity contribution in [1.29, 1.82) is 0 Å². The number of nitrogens with two attached hydrogens (primary N) is 1. The second kappa shape index (κ2) is 9.23. The van der Waals surface area contributed by atoms with Gasteiger partial charge in [-0.1, -0.05) is 12.1 Å². The van der Waals surface area contributed by atoms with Crippen LogP contribution in [0.5, 0.6) is 0 Å². The van der Waals surface area contributed by atoms with Gasteiger partial charge in [0.05, 0.1) is 17.7 Å². The van der Waals surface area contributed by atoms with Gasteiger partial charge in [0, 0.05) is 19.1 Å². The molecule has 9 heteroatoms. The topological polar surface area (TPSA) is 75.4 Å². The molecule has 1 aromatic carbocycles. The molecule has 0 bridgehead atoms. The molecule has 2 atom stereocenters. The molecule has 146 valence electrons. The minimum atomic E-state index is -4.63. The third-order valence-electron chi connectivity index (χ3n) is 4.43. The number of hydrogen-bond donors (Lipinski definition) is 2. The number of amides is 2. The average molecular weight is 394 g/mol. The van der Waals surface area contributed by atoms with Gasteiger partial charge in [0.1, 0.15) is 0 Å². The van der Waals surface area contributed by atoms with Crippen LogP contribution in [-0.2, 0) is 11.0 Å². The van der Waals surface area contributed by atoms with E-state index in [-0.39, 0.29) is 36.8 Å². The summed E-state index contributed by atoms with van der Waals surface area (Å²) in [6.07, 6.45) is -2.87. The molecule has 1 aromatic rings. The Kier molecular flexibility index (Phi) is 7.89. The third-order valence-corrected chi connectivity index (χ3v) is 4.43. The van der Waals surface area contributed by atoms with Gasteiger partial charge in [-0.3, -0.25) is 9.59 Å². The average Bonchev–Trinajstić information content (AvgIpc) is 2.58. The molecule has 5 nitrogen and oxygen atoms in total. The van der Waals surface area contributed by atoms with E-state index in [1.165, 1.54) is 12.1 Å². The summed E-state index contributed by atoms with van der Waals surface area (Å²) in [5.41, 5.74) is 4.36. The number of benzene rings is 1. The summed E-state index contributed by atoms with van der Waals surface area (Å²) in [6.45, 7) is 2.62. The Morgan fingerprint density at radius 3 is 2.62 bits per heavy atom. The van der Waals surface area contributed by atoms with Crippen LogP contribution in [0.4, 0.5) is 13.2 Å². The van der Waals surface area contributed by atoms with Crippen molar-refractivity contribution < 1.29 is 22.8 Å². The summed E-state index contributed by atoms with van der Waals surface area (Å²) in [4.78, 5) is 25.9. The highest BCUT2D eigenvalue weighted by atomic mass is 35.5. The number of halogens is 4. The number of carbonyl (C=O) groups excluding carboxylic acids is 2. The number of alkyl halides is 3. The Labute approximate surface area is 156 Å². The minimum Gasteiger partial charge on any atom is -0.343 e. The highest BCUT2D eigenvalue weighted by Gasteiger charge is 2.35. The highest BCUT2D eigenvalue weighted by Crippen LogP contribution is 2.31. The van der Waals surface area contributed by atoms with E-state index in [9.17, 15) is 22.8 Å². The fourth-order valence-electron chi connectivity index (χ4n) is 2.96. The number of nitrogens with zero attached hydrogens (tertiary/aromatic N) is 1. The van der Waals surface area contributed by atoms with Crippen LogP contribution in [-0.4, -0.2) is 42.4 Å². The molecule has 1 saturated heterocycles. The number of nitrogens with one attached hydrogen (secondary N) is 1. The Morgan fingerprint density at radius 1 is 1.35 bits per heavy atom. The van der Waals surface area contributed by atoms with Crippen LogP contribution in [0.2, 0.25) is 0 Å². The Morgan fingerprint density at radius 2 is 2.00 bits per heavy atom. The summed E-state index contributed by atoms with van der Waals surface area (Å²) in [5.74, 6) is -1.04. The predicted octanol–water partition coefficient (Wildman–Crippen LogP) is 2.44. The summed E-state index contributed by atoms with van der Waals surface area (Å²) in [6, 6.07) is 4.46. The summed E-state index contributed by atoms with van der Waals surface area (Å²) in [5, 5.41) is 2.29. The second-order valence-corrected chi connectivity index (χ2v) is 6.33. The van der Waals surface area contributed by atoms with Gasteiger partial charge in [-0.25, -0.2) is 0 Å². The third kappa shape index (κ3) is 5.60. The van der Waals surface area contributed by atoms with Gasteiger partial charge in [0.2, 0.25) is 5.91 Å². The first-order valence-corrected chi connectivity index (χ1v) is 8.18. The lowest BCUT2D eigenvalue weighted by molar-refractivity contribution is -0.137. The van der Waals surface area contributed by atoms with Crippen molar-refractivity contribution in [2.45, 2.75) is 32.0 Å². The molecule has 26 heavy (non-hydrogen) atoms. The molecule has 0 saturated carbocycles. The van der Waals surface area contributed by atoms with Crippen LogP contribution in [0.15, 0.2) is 24.3 Å². The van der Waals surface area contributed by atoms with E-state index in [2.05, 4.69) is 5.32 Å². The van der Waals surface area contributed by atoms with E-state index in [1.807, 2.05) is 6.92 Å². The standard InChI is InChI=1S/C17H22F3N3O2.ClH/c1-11(21)12-5-4-8-23(10-12)15(24)9-22-16(25)13-6-2-3-7-14(13)17(18,19)20;/h2-3,6-7,11-12H,4-5,8-10,21H2,1H3,(H,22,25);1H. The molecule has 0 radical (unpaired) electrons. The monoisotopic (exact) mass is 393 g/mol. The fraction of sp³-hybridized carbons (Fsp3) is 0.529. The van der Waals surface area contributed by atoms with Crippen molar-refractivity contribution in [3.63, 3.8) is 0 Å². The number of piperidine rings is 1. The van der Waals surface area contributed by atoms with E-state index in [0.717, 1.165) is 25.0 Å². The van der Waals surface area contributed by atoms with E-state index in [4.69, 9.17) is 5.73 Å². The van der Waals surface area contributed by atoms with E-state index in [0.29, 0.717) is 13.1 Å². The van der Waals surface area contributed by atoms with Crippen molar-refractivity contribution >= 4 is 24.2 Å². The van der Waals surface area contributed by atoms with Gasteiger partial charge in [0.15, 0.2) is 0 Å². The molecular weight excluding hydrogens is 371 g/mol. The lowest BCUT2D eigenvalue weighted by Crippen LogP contribution is -2.48. The summed E-state index contributed by atoms with van der Waals surface area (Å²) >= 11 is 0. The first kappa shape index (κ1) is 22.2. The molecule has 1 aliphatic rings. The summed E-state index contributed by atoms with van der Waals surface area (Å²) in [7, 11) is 0. The maximum Gasteiger partial charge on any atom is 0.417 e. The van der Waals surface area contributed by atoms with E-state index in [1.54, 1.807) is 4.90 Å². The van der Waals surface area contributed by atoms with E-state index >= 15 is 0 Å². The molecule has 1 fully saturated rings. The van der Waals surface area contributed by atoms with Crippen LogP contribution in [0, 0.1) is 5.92 Å². The highest BCUT2D eigenvalue weighted by molar-refractivity contribution is 5.97. The van der Waals surface area contributed by atoms with Crippen LogP contribution >= 0.6 is 12.4 Å². The molecule has 2 unspecified atom stereocenters. The summed E-state index contributed by atoms with van der Waals surface area (Å²) < 4.78 is 38.9. The second-order valence-electron chi connectivity index (χ2n) is 6.33. The molecule has 0 aliphatic carbocycles. The molecule has 0 aromatic heterocycles. The Balaban J connectivity index is 0.00000338. The van der Waals surface area contributed by atoms with Crippen molar-refractivity contribution in [3.8, 4) is 0 Å². The predicted molar refractivity (Wildman–Crippen MR) is 94.0 cm³/mol. The molecular formula is C17H23ClF3N3O2. The van der Waals surface area contributed by atoms with Crippen LogP contribution < -0.4 is 11.1 Å². The zero-order valence-corrected chi connectivity index (χ0v) is 15.2.